The number of methoxy groups -OCH3 is 1. The van der Waals surface area contributed by atoms with Crippen LogP contribution in [-0.2, 0) is 28.6 Å². The molecule has 8 nitrogen and oxygen atoms in total. The fraction of sp³-hybridized carbons (Fsp3) is 0.344. The van der Waals surface area contributed by atoms with Crippen molar-refractivity contribution in [2.24, 2.45) is 11.8 Å². The number of fused-ring (bicyclic) bond motifs is 1. The van der Waals surface area contributed by atoms with Crippen LogP contribution in [0.2, 0.25) is 0 Å². The van der Waals surface area contributed by atoms with Crippen LogP contribution >= 0.6 is 0 Å². The van der Waals surface area contributed by atoms with Crippen molar-refractivity contribution in [1.29, 1.82) is 0 Å². The quantitative estimate of drug-likeness (QED) is 0.353. The first kappa shape index (κ1) is 26.4. The summed E-state index contributed by atoms with van der Waals surface area (Å²) in [5.41, 5.74) is 2.23. The molecule has 8 heteroatoms. The Morgan fingerprint density at radius 2 is 1.38 bits per heavy atom. The Morgan fingerprint density at radius 3 is 1.98 bits per heavy atom. The van der Waals surface area contributed by atoms with E-state index in [-0.39, 0.29) is 12.5 Å². The lowest BCUT2D eigenvalue weighted by Gasteiger charge is -2.48. The summed E-state index contributed by atoms with van der Waals surface area (Å²) in [5.74, 6) is -3.91. The van der Waals surface area contributed by atoms with Gasteiger partial charge in [0.2, 0.25) is 11.8 Å². The molecule has 0 spiro atoms. The first-order chi connectivity index (χ1) is 19.3. The third-order valence-electron chi connectivity index (χ3n) is 8.19. The van der Waals surface area contributed by atoms with Crippen molar-refractivity contribution in [2.45, 2.75) is 43.9 Å². The van der Waals surface area contributed by atoms with Crippen LogP contribution in [0.5, 0.6) is 0 Å². The minimum atomic E-state index is -1.02. The van der Waals surface area contributed by atoms with E-state index in [0.29, 0.717) is 5.69 Å². The lowest BCUT2D eigenvalue weighted by Crippen LogP contribution is -2.57. The number of carbonyl (C=O) groups excluding carboxylic acids is 3. The van der Waals surface area contributed by atoms with E-state index in [1.165, 1.54) is 12.0 Å². The molecule has 3 fully saturated rings. The van der Waals surface area contributed by atoms with E-state index in [4.69, 9.17) is 14.2 Å². The average Bonchev–Trinajstić information content (AvgIpc) is 3.45. The van der Waals surface area contributed by atoms with Crippen molar-refractivity contribution in [1.82, 2.24) is 4.90 Å². The maximum absolute atomic E-state index is 14.2. The van der Waals surface area contributed by atoms with Gasteiger partial charge in [0.15, 0.2) is 5.79 Å². The number of hydrogen-bond donors (Lipinski definition) is 0. The van der Waals surface area contributed by atoms with Crippen LogP contribution in [0.4, 0.5) is 5.69 Å². The average molecular weight is 541 g/mol. The molecule has 2 amide bonds. The van der Waals surface area contributed by atoms with E-state index in [1.807, 2.05) is 85.5 Å². The first-order valence-electron chi connectivity index (χ1n) is 13.5. The molecule has 0 radical (unpaired) electrons. The molecule has 6 rings (SSSR count). The number of ether oxygens (including phenoxy) is 3. The summed E-state index contributed by atoms with van der Waals surface area (Å²) in [7, 11) is 1.31. The fourth-order valence-electron chi connectivity index (χ4n) is 6.55. The molecule has 3 aliphatic rings. The number of rotatable bonds is 5. The molecule has 0 unspecified atom stereocenters. The maximum atomic E-state index is 14.2. The zero-order valence-corrected chi connectivity index (χ0v) is 22.7. The summed E-state index contributed by atoms with van der Waals surface area (Å²) < 4.78 is 18.0. The minimum absolute atomic E-state index is 0.230. The van der Waals surface area contributed by atoms with E-state index < -0.39 is 53.7 Å². The molecule has 3 aliphatic heterocycles. The van der Waals surface area contributed by atoms with Crippen LogP contribution in [-0.4, -0.2) is 54.3 Å². The van der Waals surface area contributed by atoms with Gasteiger partial charge in [-0.2, -0.15) is 0 Å². The third-order valence-corrected chi connectivity index (χ3v) is 8.19. The van der Waals surface area contributed by atoms with Gasteiger partial charge in [-0.05, 0) is 37.1 Å². The van der Waals surface area contributed by atoms with Crippen LogP contribution < -0.4 is 4.90 Å². The minimum Gasteiger partial charge on any atom is -0.468 e. The van der Waals surface area contributed by atoms with Gasteiger partial charge in [0, 0.05) is 6.04 Å². The van der Waals surface area contributed by atoms with Crippen LogP contribution in [0.1, 0.15) is 37.1 Å². The third kappa shape index (κ3) is 4.33. The summed E-state index contributed by atoms with van der Waals surface area (Å²) in [6.07, 6.45) is -0.488. The van der Waals surface area contributed by atoms with E-state index in [2.05, 4.69) is 0 Å². The Balaban J connectivity index is 1.52. The van der Waals surface area contributed by atoms with Crippen molar-refractivity contribution >= 4 is 23.5 Å². The Kier molecular flexibility index (Phi) is 6.78. The van der Waals surface area contributed by atoms with E-state index in [9.17, 15) is 14.4 Å². The van der Waals surface area contributed by atoms with Gasteiger partial charge in [0.1, 0.15) is 12.1 Å². The number of imide groups is 1. The molecule has 3 aromatic carbocycles. The monoisotopic (exact) mass is 540 g/mol. The van der Waals surface area contributed by atoms with Gasteiger partial charge in [-0.15, -0.1) is 0 Å². The first-order valence-corrected chi connectivity index (χ1v) is 13.5. The predicted octanol–water partition coefficient (Wildman–Crippen LogP) is 4.28. The van der Waals surface area contributed by atoms with Gasteiger partial charge < -0.3 is 14.2 Å². The van der Waals surface area contributed by atoms with Gasteiger partial charge in [0.05, 0.1) is 37.3 Å². The van der Waals surface area contributed by atoms with Gasteiger partial charge in [-0.3, -0.25) is 19.3 Å². The Bertz CT molecular complexity index is 1400. The highest BCUT2D eigenvalue weighted by Gasteiger charge is 2.67. The van der Waals surface area contributed by atoms with Crippen LogP contribution in [0, 0.1) is 11.8 Å². The molecule has 40 heavy (non-hydrogen) atoms. The molecular formula is C32H32N2O6. The molecular weight excluding hydrogens is 508 g/mol. The number of nitrogens with zero attached hydrogens (tertiary/aromatic N) is 2. The van der Waals surface area contributed by atoms with Crippen molar-refractivity contribution in [3.8, 4) is 0 Å². The number of likely N-dealkylation sites (tertiary alicyclic amines) is 1. The fourth-order valence-corrected chi connectivity index (χ4v) is 6.55. The van der Waals surface area contributed by atoms with Crippen molar-refractivity contribution in [3.63, 3.8) is 0 Å². The number of carbonyl (C=O) groups is 3. The summed E-state index contributed by atoms with van der Waals surface area (Å²) in [5, 5.41) is 0. The second kappa shape index (κ2) is 10.3. The number of esters is 1. The Hall–Kier alpha value is -3.85. The smallest absolute Gasteiger partial charge is 0.323 e. The largest absolute Gasteiger partial charge is 0.468 e. The van der Waals surface area contributed by atoms with E-state index in [1.54, 1.807) is 24.3 Å². The highest BCUT2D eigenvalue weighted by Crippen LogP contribution is 2.54. The molecule has 0 bridgehead atoms. The maximum Gasteiger partial charge on any atom is 0.323 e. The SMILES string of the molecule is COC(=O)[C@@H]1[C@H]2C(=O)N(c3ccccc3)C(=O)[C@H]2[C@@H](c2ccccc2)N1[C@H]1COC(C)(C)O[C@H]1c1ccccc1. The predicted molar refractivity (Wildman–Crippen MR) is 147 cm³/mol. The highest BCUT2D eigenvalue weighted by molar-refractivity contribution is 6.23. The van der Waals surface area contributed by atoms with E-state index >= 15 is 0 Å². The van der Waals surface area contributed by atoms with Crippen LogP contribution in [0.25, 0.3) is 0 Å². The van der Waals surface area contributed by atoms with Crippen LogP contribution in [0.3, 0.4) is 0 Å². The topological polar surface area (TPSA) is 85.4 Å². The molecule has 0 aliphatic carbocycles. The molecule has 0 N–H and O–H groups in total. The molecule has 6 atom stereocenters. The number of anilines is 1. The second-order valence-corrected chi connectivity index (χ2v) is 10.9. The highest BCUT2D eigenvalue weighted by atomic mass is 16.7. The summed E-state index contributed by atoms with van der Waals surface area (Å²) in [4.78, 5) is 45.1. The van der Waals surface area contributed by atoms with Crippen molar-refractivity contribution < 1.29 is 28.6 Å². The van der Waals surface area contributed by atoms with Gasteiger partial charge >= 0.3 is 5.97 Å². The second-order valence-electron chi connectivity index (χ2n) is 10.9. The van der Waals surface area contributed by atoms with Gasteiger partial charge in [0.25, 0.3) is 0 Å². The zero-order chi connectivity index (χ0) is 28.0. The summed E-state index contributed by atoms with van der Waals surface area (Å²) >= 11 is 0. The van der Waals surface area contributed by atoms with E-state index in [0.717, 1.165) is 11.1 Å². The number of para-hydroxylation sites is 1. The normalized spacial score (nSPS) is 29.8. The Morgan fingerprint density at radius 1 is 0.825 bits per heavy atom. The Labute approximate surface area is 233 Å². The lowest BCUT2D eigenvalue weighted by molar-refractivity contribution is -0.300. The number of amides is 2. The zero-order valence-electron chi connectivity index (χ0n) is 22.7. The summed E-state index contributed by atoms with van der Waals surface area (Å²) in [6.45, 7) is 3.94. The molecule has 3 heterocycles. The molecule has 206 valence electrons. The van der Waals surface area contributed by atoms with Gasteiger partial charge in [-0.25, -0.2) is 4.90 Å². The standard InChI is InChI=1S/C32H32N2O6/c1-32(2)39-19-23(28(40-32)21-15-9-5-10-16-21)34-26(20-13-7-4-8-14-20)24-25(27(34)31(37)38-3)30(36)33(29(24)35)22-17-11-6-12-18-22/h4-18,23-28H,19H2,1-3H3/t23-,24+,25-,26+,27-,28-/m0/s1. The van der Waals surface area contributed by atoms with Crippen molar-refractivity contribution in [2.75, 3.05) is 18.6 Å². The van der Waals surface area contributed by atoms with Crippen LogP contribution in [0.15, 0.2) is 91.0 Å². The lowest BCUT2D eigenvalue weighted by atomic mass is 9.86. The molecule has 3 aromatic rings. The number of benzene rings is 3. The molecule has 0 aromatic heterocycles. The van der Waals surface area contributed by atoms with Gasteiger partial charge in [-0.1, -0.05) is 78.9 Å². The molecule has 0 saturated carbocycles. The molecule has 3 saturated heterocycles. The van der Waals surface area contributed by atoms with Crippen molar-refractivity contribution in [3.05, 3.63) is 102 Å². The summed E-state index contributed by atoms with van der Waals surface area (Å²) in [6, 6.07) is 26.1. The number of hydrogen-bond acceptors (Lipinski definition) is 7.